The van der Waals surface area contributed by atoms with E-state index in [1.54, 1.807) is 20.8 Å². The summed E-state index contributed by atoms with van der Waals surface area (Å²) in [5.74, 6) is -1.93. The number of carbonyl (C=O) groups is 3. The quantitative estimate of drug-likeness (QED) is 0.411. The Bertz CT molecular complexity index is 298. The van der Waals surface area contributed by atoms with Crippen LogP contribution in [0.15, 0.2) is 12.7 Å². The summed E-state index contributed by atoms with van der Waals surface area (Å²) in [5.41, 5.74) is -0.729. The molecule has 0 aliphatic heterocycles. The third kappa shape index (κ3) is 5.95. The SMILES string of the molecule is C=CC(=O)OCCC(=O)OC(=O)C(C)(C)C. The standard InChI is InChI=1S/C11H16O5/c1-5-8(12)15-7-6-9(13)16-10(14)11(2,3)4/h5H,1,6-7H2,2-4H3. The Labute approximate surface area is 94.4 Å². The van der Waals surface area contributed by atoms with Gasteiger partial charge in [0, 0.05) is 6.08 Å². The van der Waals surface area contributed by atoms with Gasteiger partial charge in [-0.15, -0.1) is 0 Å². The normalized spacial score (nSPS) is 10.4. The first kappa shape index (κ1) is 14.3. The molecule has 0 saturated heterocycles. The van der Waals surface area contributed by atoms with E-state index in [2.05, 4.69) is 16.1 Å². The number of hydrogen-bond acceptors (Lipinski definition) is 5. The molecule has 0 aromatic heterocycles. The minimum atomic E-state index is -0.729. The molecule has 0 unspecified atom stereocenters. The molecule has 0 saturated carbocycles. The minimum absolute atomic E-state index is 0.124. The zero-order chi connectivity index (χ0) is 12.8. The summed E-state index contributed by atoms with van der Waals surface area (Å²) in [7, 11) is 0. The fourth-order valence-electron chi connectivity index (χ4n) is 0.601. The molecular formula is C11H16O5. The fourth-order valence-corrected chi connectivity index (χ4v) is 0.601. The molecule has 0 heterocycles. The van der Waals surface area contributed by atoms with Crippen molar-refractivity contribution in [3.05, 3.63) is 12.7 Å². The summed E-state index contributed by atoms with van der Waals surface area (Å²) in [4.78, 5) is 33.0. The van der Waals surface area contributed by atoms with Gasteiger partial charge in [-0.3, -0.25) is 9.59 Å². The number of esters is 3. The highest BCUT2D eigenvalue weighted by Crippen LogP contribution is 2.15. The highest BCUT2D eigenvalue weighted by Gasteiger charge is 2.25. The van der Waals surface area contributed by atoms with Crippen LogP contribution in [0, 0.1) is 5.41 Å². The van der Waals surface area contributed by atoms with E-state index in [1.165, 1.54) is 0 Å². The molecule has 5 heteroatoms. The minimum Gasteiger partial charge on any atom is -0.462 e. The van der Waals surface area contributed by atoms with Gasteiger partial charge in [0.25, 0.3) is 0 Å². The van der Waals surface area contributed by atoms with Crippen LogP contribution in [-0.4, -0.2) is 24.5 Å². The monoisotopic (exact) mass is 228 g/mol. The molecule has 16 heavy (non-hydrogen) atoms. The lowest BCUT2D eigenvalue weighted by molar-refractivity contribution is -0.166. The predicted molar refractivity (Wildman–Crippen MR) is 56.3 cm³/mol. The van der Waals surface area contributed by atoms with E-state index in [-0.39, 0.29) is 13.0 Å². The maximum Gasteiger partial charge on any atom is 0.330 e. The molecule has 0 bridgehead atoms. The molecule has 5 nitrogen and oxygen atoms in total. The van der Waals surface area contributed by atoms with Gasteiger partial charge >= 0.3 is 17.9 Å². The molecule has 0 N–H and O–H groups in total. The van der Waals surface area contributed by atoms with Crippen molar-refractivity contribution in [1.29, 1.82) is 0 Å². The van der Waals surface area contributed by atoms with Gasteiger partial charge in [0.05, 0.1) is 11.8 Å². The van der Waals surface area contributed by atoms with E-state index in [9.17, 15) is 14.4 Å². The first-order valence-corrected chi connectivity index (χ1v) is 4.81. The van der Waals surface area contributed by atoms with Crippen molar-refractivity contribution >= 4 is 17.9 Å². The van der Waals surface area contributed by atoms with E-state index < -0.39 is 23.3 Å². The van der Waals surface area contributed by atoms with Gasteiger partial charge in [0.15, 0.2) is 0 Å². The second kappa shape index (κ2) is 6.05. The van der Waals surface area contributed by atoms with Crippen molar-refractivity contribution in [1.82, 2.24) is 0 Å². The van der Waals surface area contributed by atoms with E-state index in [4.69, 9.17) is 0 Å². The Balaban J connectivity index is 3.88. The number of rotatable bonds is 4. The second-order valence-electron chi connectivity index (χ2n) is 4.13. The molecule has 90 valence electrons. The summed E-state index contributed by atoms with van der Waals surface area (Å²) in [6.07, 6.45) is 0.840. The Morgan fingerprint density at radius 1 is 1.25 bits per heavy atom. The van der Waals surface area contributed by atoms with Crippen LogP contribution in [0.1, 0.15) is 27.2 Å². The summed E-state index contributed by atoms with van der Waals surface area (Å²) in [6.45, 7) is 7.99. The van der Waals surface area contributed by atoms with E-state index >= 15 is 0 Å². The van der Waals surface area contributed by atoms with Crippen LogP contribution in [0.25, 0.3) is 0 Å². The van der Waals surface area contributed by atoms with Crippen molar-refractivity contribution in [2.75, 3.05) is 6.61 Å². The van der Waals surface area contributed by atoms with Crippen molar-refractivity contribution in [3.63, 3.8) is 0 Å². The lowest BCUT2D eigenvalue weighted by Crippen LogP contribution is -2.26. The van der Waals surface area contributed by atoms with Gasteiger partial charge in [0.2, 0.25) is 0 Å². The van der Waals surface area contributed by atoms with Gasteiger partial charge in [0.1, 0.15) is 6.61 Å². The first-order valence-electron chi connectivity index (χ1n) is 4.81. The zero-order valence-corrected chi connectivity index (χ0v) is 9.74. The Morgan fingerprint density at radius 3 is 2.25 bits per heavy atom. The van der Waals surface area contributed by atoms with Crippen molar-refractivity contribution in [2.24, 2.45) is 5.41 Å². The van der Waals surface area contributed by atoms with Crippen LogP contribution < -0.4 is 0 Å². The number of carbonyl (C=O) groups excluding carboxylic acids is 3. The summed E-state index contributed by atoms with van der Waals surface area (Å²) in [5, 5.41) is 0. The summed E-state index contributed by atoms with van der Waals surface area (Å²) < 4.78 is 9.10. The van der Waals surface area contributed by atoms with Crippen LogP contribution in [0.4, 0.5) is 0 Å². The Kier molecular flexibility index (Phi) is 5.42. The fraction of sp³-hybridized carbons (Fsp3) is 0.545. The molecule has 0 aromatic carbocycles. The van der Waals surface area contributed by atoms with Crippen LogP contribution in [0.3, 0.4) is 0 Å². The molecule has 0 amide bonds. The summed E-state index contributed by atoms with van der Waals surface area (Å²) >= 11 is 0. The smallest absolute Gasteiger partial charge is 0.330 e. The lowest BCUT2D eigenvalue weighted by atomic mass is 9.97. The third-order valence-corrected chi connectivity index (χ3v) is 1.54. The van der Waals surface area contributed by atoms with E-state index in [1.807, 2.05) is 0 Å². The molecule has 0 aliphatic rings. The molecule has 0 spiro atoms. The van der Waals surface area contributed by atoms with Crippen LogP contribution in [-0.2, 0) is 23.9 Å². The maximum absolute atomic E-state index is 11.3. The topological polar surface area (TPSA) is 69.7 Å². The molecule has 0 aromatic rings. The number of hydrogen-bond donors (Lipinski definition) is 0. The maximum atomic E-state index is 11.3. The van der Waals surface area contributed by atoms with Gasteiger partial charge in [-0.1, -0.05) is 6.58 Å². The first-order chi connectivity index (χ1) is 7.27. The Hall–Kier alpha value is -1.65. The molecule has 0 atom stereocenters. The van der Waals surface area contributed by atoms with Crippen LogP contribution in [0.2, 0.25) is 0 Å². The average molecular weight is 228 g/mol. The predicted octanol–water partition coefficient (Wildman–Crippen LogP) is 1.22. The van der Waals surface area contributed by atoms with Crippen LogP contribution in [0.5, 0.6) is 0 Å². The highest BCUT2D eigenvalue weighted by molar-refractivity contribution is 5.88. The molecular weight excluding hydrogens is 212 g/mol. The van der Waals surface area contributed by atoms with E-state index in [0.717, 1.165) is 6.08 Å². The molecule has 0 radical (unpaired) electrons. The molecule has 0 rings (SSSR count). The van der Waals surface area contributed by atoms with Gasteiger partial charge < -0.3 is 9.47 Å². The zero-order valence-electron chi connectivity index (χ0n) is 9.74. The highest BCUT2D eigenvalue weighted by atomic mass is 16.6. The average Bonchev–Trinajstić information content (AvgIpc) is 2.15. The van der Waals surface area contributed by atoms with Crippen molar-refractivity contribution in [3.8, 4) is 0 Å². The van der Waals surface area contributed by atoms with Crippen LogP contribution >= 0.6 is 0 Å². The van der Waals surface area contributed by atoms with Gasteiger partial charge in [-0.2, -0.15) is 0 Å². The third-order valence-electron chi connectivity index (χ3n) is 1.54. The largest absolute Gasteiger partial charge is 0.462 e. The molecule has 0 aliphatic carbocycles. The molecule has 0 fully saturated rings. The van der Waals surface area contributed by atoms with E-state index in [0.29, 0.717) is 0 Å². The lowest BCUT2D eigenvalue weighted by Gasteiger charge is -2.15. The van der Waals surface area contributed by atoms with Crippen molar-refractivity contribution in [2.45, 2.75) is 27.2 Å². The Morgan fingerprint density at radius 2 is 1.81 bits per heavy atom. The van der Waals surface area contributed by atoms with Gasteiger partial charge in [-0.05, 0) is 20.8 Å². The van der Waals surface area contributed by atoms with Crippen molar-refractivity contribution < 1.29 is 23.9 Å². The summed E-state index contributed by atoms with van der Waals surface area (Å²) in [6, 6.07) is 0. The van der Waals surface area contributed by atoms with Gasteiger partial charge in [-0.25, -0.2) is 4.79 Å². The number of ether oxygens (including phenoxy) is 2. The second-order valence-corrected chi connectivity index (χ2v) is 4.13.